The Labute approximate surface area is 90.1 Å². The number of hydrogen-bond donors (Lipinski definition) is 2. The molecule has 1 amide bonds. The molecule has 0 radical (unpaired) electrons. The highest BCUT2D eigenvalue weighted by atomic mass is 16.3. The molecule has 1 rings (SSSR count). The van der Waals surface area contributed by atoms with Crippen molar-refractivity contribution in [3.05, 3.63) is 35.9 Å². The molecule has 0 saturated carbocycles. The van der Waals surface area contributed by atoms with Gasteiger partial charge in [0.2, 0.25) is 5.91 Å². The highest BCUT2D eigenvalue weighted by molar-refractivity contribution is 5.76. The lowest BCUT2D eigenvalue weighted by molar-refractivity contribution is -0.126. The molecule has 0 saturated heterocycles. The highest BCUT2D eigenvalue weighted by Gasteiger charge is 2.14. The second-order valence-corrected chi connectivity index (χ2v) is 4.09. The number of rotatable bonds is 4. The smallest absolute Gasteiger partial charge is 0.222 e. The Morgan fingerprint density at radius 2 is 1.93 bits per heavy atom. The molecule has 0 bridgehead atoms. The number of carbonyl (C=O) groups is 1. The van der Waals surface area contributed by atoms with Crippen LogP contribution in [0.15, 0.2) is 30.3 Å². The Morgan fingerprint density at radius 3 is 2.47 bits per heavy atom. The topological polar surface area (TPSA) is 49.3 Å². The summed E-state index contributed by atoms with van der Waals surface area (Å²) in [6.45, 7) is 3.10. The minimum Gasteiger partial charge on any atom is -0.372 e. The number of amides is 1. The van der Waals surface area contributed by atoms with E-state index in [0.29, 0.717) is 12.8 Å². The lowest BCUT2D eigenvalue weighted by atomic mass is 10.1. The average Bonchev–Trinajstić information content (AvgIpc) is 2.14. The third kappa shape index (κ3) is 5.18. The van der Waals surface area contributed by atoms with Gasteiger partial charge in [-0.3, -0.25) is 4.79 Å². The molecule has 0 heterocycles. The van der Waals surface area contributed by atoms with Crippen molar-refractivity contribution >= 4 is 5.91 Å². The molecule has 1 aromatic carbocycles. The summed E-state index contributed by atoms with van der Waals surface area (Å²) in [6, 6.07) is 9.81. The number of aryl methyl sites for hydroxylation is 1. The first-order valence-electron chi connectivity index (χ1n) is 5.05. The van der Waals surface area contributed by atoms with Gasteiger partial charge in [0.05, 0.1) is 0 Å². The van der Waals surface area contributed by atoms with E-state index in [9.17, 15) is 9.90 Å². The summed E-state index contributed by atoms with van der Waals surface area (Å²) < 4.78 is 0. The fourth-order valence-electron chi connectivity index (χ4n) is 1.31. The van der Waals surface area contributed by atoms with E-state index in [1.165, 1.54) is 0 Å². The molecule has 2 N–H and O–H groups in total. The monoisotopic (exact) mass is 207 g/mol. The lowest BCUT2D eigenvalue weighted by Crippen LogP contribution is -2.43. The van der Waals surface area contributed by atoms with Crippen LogP contribution in [0.25, 0.3) is 0 Å². The summed E-state index contributed by atoms with van der Waals surface area (Å²) in [5.74, 6) is -0.133. The third-order valence-electron chi connectivity index (χ3n) is 1.93. The van der Waals surface area contributed by atoms with Gasteiger partial charge in [0, 0.05) is 6.42 Å². The number of aliphatic hydroxyl groups is 1. The quantitative estimate of drug-likeness (QED) is 0.734. The van der Waals surface area contributed by atoms with Crippen molar-refractivity contribution in [3.63, 3.8) is 0 Å². The van der Waals surface area contributed by atoms with Gasteiger partial charge in [-0.2, -0.15) is 0 Å². The SMILES string of the molecule is CC(C)(O)NC(=O)CCc1ccccc1. The molecule has 0 spiro atoms. The Balaban J connectivity index is 2.35. The number of carbonyl (C=O) groups excluding carboxylic acids is 1. The second kappa shape index (κ2) is 4.94. The van der Waals surface area contributed by atoms with Gasteiger partial charge in [0.1, 0.15) is 5.72 Å². The molecule has 3 heteroatoms. The molecule has 0 unspecified atom stereocenters. The van der Waals surface area contributed by atoms with E-state index in [2.05, 4.69) is 5.32 Å². The molecule has 0 aromatic heterocycles. The Morgan fingerprint density at radius 1 is 1.33 bits per heavy atom. The minimum atomic E-state index is -1.13. The van der Waals surface area contributed by atoms with Crippen molar-refractivity contribution in [2.45, 2.75) is 32.4 Å². The summed E-state index contributed by atoms with van der Waals surface area (Å²) in [6.07, 6.45) is 1.09. The van der Waals surface area contributed by atoms with E-state index < -0.39 is 5.72 Å². The van der Waals surface area contributed by atoms with Crippen molar-refractivity contribution in [1.82, 2.24) is 5.32 Å². The number of nitrogens with one attached hydrogen (secondary N) is 1. The maximum absolute atomic E-state index is 11.4. The fraction of sp³-hybridized carbons (Fsp3) is 0.417. The van der Waals surface area contributed by atoms with Gasteiger partial charge >= 0.3 is 0 Å². The summed E-state index contributed by atoms with van der Waals surface area (Å²) in [4.78, 5) is 11.4. The predicted octanol–water partition coefficient (Wildman–Crippen LogP) is 1.46. The van der Waals surface area contributed by atoms with E-state index in [0.717, 1.165) is 5.56 Å². The van der Waals surface area contributed by atoms with Crippen LogP contribution in [0.1, 0.15) is 25.8 Å². The van der Waals surface area contributed by atoms with Gasteiger partial charge in [0.15, 0.2) is 0 Å². The molecule has 1 aromatic rings. The zero-order valence-electron chi connectivity index (χ0n) is 9.16. The molecule has 3 nitrogen and oxygen atoms in total. The van der Waals surface area contributed by atoms with Gasteiger partial charge < -0.3 is 10.4 Å². The van der Waals surface area contributed by atoms with Gasteiger partial charge in [0.25, 0.3) is 0 Å². The van der Waals surface area contributed by atoms with Crippen LogP contribution in [0.3, 0.4) is 0 Å². The van der Waals surface area contributed by atoms with E-state index in [4.69, 9.17) is 0 Å². The number of benzene rings is 1. The number of hydrogen-bond acceptors (Lipinski definition) is 2. The van der Waals surface area contributed by atoms with Crippen LogP contribution in [-0.2, 0) is 11.2 Å². The molecule has 0 atom stereocenters. The maximum atomic E-state index is 11.4. The average molecular weight is 207 g/mol. The van der Waals surface area contributed by atoms with E-state index >= 15 is 0 Å². The summed E-state index contributed by atoms with van der Waals surface area (Å²) in [5.41, 5.74) is -0.00304. The molecular weight excluding hydrogens is 190 g/mol. The van der Waals surface area contributed by atoms with Gasteiger partial charge in [-0.1, -0.05) is 30.3 Å². The maximum Gasteiger partial charge on any atom is 0.222 e. The Hall–Kier alpha value is -1.35. The molecule has 0 aliphatic heterocycles. The van der Waals surface area contributed by atoms with E-state index in [1.807, 2.05) is 30.3 Å². The van der Waals surface area contributed by atoms with Gasteiger partial charge in [-0.15, -0.1) is 0 Å². The molecule has 0 aliphatic carbocycles. The fourth-order valence-corrected chi connectivity index (χ4v) is 1.31. The first kappa shape index (κ1) is 11.7. The zero-order valence-corrected chi connectivity index (χ0v) is 9.16. The zero-order chi connectivity index (χ0) is 11.3. The van der Waals surface area contributed by atoms with Gasteiger partial charge in [-0.25, -0.2) is 0 Å². The standard InChI is InChI=1S/C12H17NO2/c1-12(2,15)13-11(14)9-8-10-6-4-3-5-7-10/h3-7,15H,8-9H2,1-2H3,(H,13,14). The van der Waals surface area contributed by atoms with Crippen molar-refractivity contribution in [2.75, 3.05) is 0 Å². The molecule has 82 valence electrons. The first-order valence-corrected chi connectivity index (χ1v) is 5.05. The van der Waals surface area contributed by atoms with Crippen LogP contribution in [0.2, 0.25) is 0 Å². The first-order chi connectivity index (χ1) is 6.97. The summed E-state index contributed by atoms with van der Waals surface area (Å²) in [5, 5.41) is 11.9. The molecular formula is C12H17NO2. The normalized spacial score (nSPS) is 11.1. The largest absolute Gasteiger partial charge is 0.372 e. The van der Waals surface area contributed by atoms with Crippen LogP contribution in [0.5, 0.6) is 0 Å². The molecule has 15 heavy (non-hydrogen) atoms. The lowest BCUT2D eigenvalue weighted by Gasteiger charge is -2.18. The van der Waals surface area contributed by atoms with Crippen molar-refractivity contribution in [1.29, 1.82) is 0 Å². The second-order valence-electron chi connectivity index (χ2n) is 4.09. The molecule has 0 fully saturated rings. The van der Waals surface area contributed by atoms with Crippen molar-refractivity contribution in [3.8, 4) is 0 Å². The summed E-state index contributed by atoms with van der Waals surface area (Å²) >= 11 is 0. The van der Waals surface area contributed by atoms with Crippen LogP contribution < -0.4 is 5.32 Å². The van der Waals surface area contributed by atoms with Crippen molar-refractivity contribution < 1.29 is 9.90 Å². The van der Waals surface area contributed by atoms with Crippen LogP contribution >= 0.6 is 0 Å². The third-order valence-corrected chi connectivity index (χ3v) is 1.93. The Bertz CT molecular complexity index is 314. The Kier molecular flexibility index (Phi) is 3.86. The highest BCUT2D eigenvalue weighted by Crippen LogP contribution is 2.03. The van der Waals surface area contributed by atoms with Crippen LogP contribution in [0, 0.1) is 0 Å². The van der Waals surface area contributed by atoms with Crippen LogP contribution in [0.4, 0.5) is 0 Å². The van der Waals surface area contributed by atoms with E-state index in [-0.39, 0.29) is 5.91 Å². The van der Waals surface area contributed by atoms with Crippen LogP contribution in [-0.4, -0.2) is 16.7 Å². The molecule has 0 aliphatic rings. The van der Waals surface area contributed by atoms with Crippen molar-refractivity contribution in [2.24, 2.45) is 0 Å². The summed E-state index contributed by atoms with van der Waals surface area (Å²) in [7, 11) is 0. The predicted molar refractivity (Wildman–Crippen MR) is 59.2 cm³/mol. The van der Waals surface area contributed by atoms with Gasteiger partial charge in [-0.05, 0) is 25.8 Å². The van der Waals surface area contributed by atoms with E-state index in [1.54, 1.807) is 13.8 Å². The minimum absolute atomic E-state index is 0.133.